The molecule has 1 aliphatic heterocycles. The first-order valence-electron chi connectivity index (χ1n) is 9.03. The summed E-state index contributed by atoms with van der Waals surface area (Å²) in [6.07, 6.45) is 4.36. The van der Waals surface area contributed by atoms with Gasteiger partial charge < -0.3 is 0 Å². The number of piperidine rings is 1. The second-order valence-corrected chi connectivity index (χ2v) is 6.95. The van der Waals surface area contributed by atoms with Gasteiger partial charge in [0.05, 0.1) is 12.2 Å². The maximum Gasteiger partial charge on any atom is 0.113 e. The van der Waals surface area contributed by atoms with E-state index in [2.05, 4.69) is 87.6 Å². The molecule has 1 saturated heterocycles. The SMILES string of the molecule is Cc1cccc(-c2cn(C3CCN(Cc4ccccc4)CC3)nn2)c1. The third kappa shape index (κ3) is 3.80. The quantitative estimate of drug-likeness (QED) is 0.721. The Balaban J connectivity index is 1.38. The monoisotopic (exact) mass is 332 g/mol. The Hall–Kier alpha value is -2.46. The van der Waals surface area contributed by atoms with Crippen molar-refractivity contribution < 1.29 is 0 Å². The van der Waals surface area contributed by atoms with E-state index in [4.69, 9.17) is 0 Å². The highest BCUT2D eigenvalue weighted by Gasteiger charge is 2.21. The Labute approximate surface area is 149 Å². The molecule has 128 valence electrons. The highest BCUT2D eigenvalue weighted by Crippen LogP contribution is 2.25. The molecule has 0 amide bonds. The highest BCUT2D eigenvalue weighted by atomic mass is 15.4. The van der Waals surface area contributed by atoms with Crippen molar-refractivity contribution in [1.82, 2.24) is 19.9 Å². The second-order valence-electron chi connectivity index (χ2n) is 6.95. The molecule has 0 spiro atoms. The van der Waals surface area contributed by atoms with Crippen molar-refractivity contribution >= 4 is 0 Å². The van der Waals surface area contributed by atoms with E-state index in [1.54, 1.807) is 0 Å². The molecule has 2 aromatic carbocycles. The summed E-state index contributed by atoms with van der Waals surface area (Å²) in [6.45, 7) is 5.37. The predicted molar refractivity (Wildman–Crippen MR) is 100 cm³/mol. The number of hydrogen-bond donors (Lipinski definition) is 0. The first-order valence-corrected chi connectivity index (χ1v) is 9.03. The van der Waals surface area contributed by atoms with Crippen LogP contribution in [0.2, 0.25) is 0 Å². The number of aryl methyl sites for hydroxylation is 1. The number of likely N-dealkylation sites (tertiary alicyclic amines) is 1. The average molecular weight is 332 g/mol. The lowest BCUT2D eigenvalue weighted by molar-refractivity contribution is 0.172. The Morgan fingerprint density at radius 3 is 2.56 bits per heavy atom. The number of nitrogens with zero attached hydrogens (tertiary/aromatic N) is 4. The van der Waals surface area contributed by atoms with Gasteiger partial charge in [0, 0.05) is 25.2 Å². The second kappa shape index (κ2) is 7.19. The maximum atomic E-state index is 4.40. The van der Waals surface area contributed by atoms with Crippen LogP contribution >= 0.6 is 0 Å². The van der Waals surface area contributed by atoms with Crippen molar-refractivity contribution in [1.29, 1.82) is 0 Å². The van der Waals surface area contributed by atoms with Crippen LogP contribution in [0, 0.1) is 6.92 Å². The van der Waals surface area contributed by atoms with Crippen LogP contribution in [-0.4, -0.2) is 33.0 Å². The number of hydrogen-bond acceptors (Lipinski definition) is 3. The van der Waals surface area contributed by atoms with Crippen molar-refractivity contribution in [2.75, 3.05) is 13.1 Å². The standard InChI is InChI=1S/C21H24N4/c1-17-6-5-9-19(14-17)21-16-25(23-22-21)20-10-12-24(13-11-20)15-18-7-3-2-4-8-18/h2-9,14,16,20H,10-13,15H2,1H3. The zero-order valence-electron chi connectivity index (χ0n) is 14.7. The van der Waals surface area contributed by atoms with Crippen LogP contribution in [0.25, 0.3) is 11.3 Å². The number of benzene rings is 2. The summed E-state index contributed by atoms with van der Waals surface area (Å²) in [5, 5.41) is 8.79. The minimum atomic E-state index is 0.457. The molecule has 0 radical (unpaired) electrons. The van der Waals surface area contributed by atoms with E-state index in [1.165, 1.54) is 11.1 Å². The fourth-order valence-electron chi connectivity index (χ4n) is 3.58. The lowest BCUT2D eigenvalue weighted by atomic mass is 10.0. The van der Waals surface area contributed by atoms with Crippen molar-refractivity contribution in [3.8, 4) is 11.3 Å². The van der Waals surface area contributed by atoms with Gasteiger partial charge in [0.15, 0.2) is 0 Å². The van der Waals surface area contributed by atoms with E-state index in [0.29, 0.717) is 6.04 Å². The molecule has 4 nitrogen and oxygen atoms in total. The Morgan fingerprint density at radius 1 is 1.00 bits per heavy atom. The van der Waals surface area contributed by atoms with Gasteiger partial charge in [0.2, 0.25) is 0 Å². The summed E-state index contributed by atoms with van der Waals surface area (Å²) in [4.78, 5) is 2.53. The van der Waals surface area contributed by atoms with Gasteiger partial charge in [-0.2, -0.15) is 0 Å². The fourth-order valence-corrected chi connectivity index (χ4v) is 3.58. The molecule has 0 bridgehead atoms. The summed E-state index contributed by atoms with van der Waals surface area (Å²) in [6, 6.07) is 19.6. The summed E-state index contributed by atoms with van der Waals surface area (Å²) >= 11 is 0. The Bertz CT molecular complexity index is 817. The van der Waals surface area contributed by atoms with Crippen molar-refractivity contribution in [3.63, 3.8) is 0 Å². The molecule has 1 fully saturated rings. The van der Waals surface area contributed by atoms with Crippen LogP contribution in [0.3, 0.4) is 0 Å². The lowest BCUT2D eigenvalue weighted by Gasteiger charge is -2.31. The van der Waals surface area contributed by atoms with E-state index < -0.39 is 0 Å². The van der Waals surface area contributed by atoms with Crippen LogP contribution < -0.4 is 0 Å². The van der Waals surface area contributed by atoms with Gasteiger partial charge in [-0.05, 0) is 31.4 Å². The largest absolute Gasteiger partial charge is 0.299 e. The molecule has 0 N–H and O–H groups in total. The van der Waals surface area contributed by atoms with Crippen LogP contribution in [0.5, 0.6) is 0 Å². The molecule has 4 heteroatoms. The van der Waals surface area contributed by atoms with Gasteiger partial charge in [-0.1, -0.05) is 59.3 Å². The molecular formula is C21H24N4. The predicted octanol–water partition coefficient (Wildman–Crippen LogP) is 4.09. The van der Waals surface area contributed by atoms with Crippen molar-refractivity contribution in [3.05, 3.63) is 71.9 Å². The lowest BCUT2D eigenvalue weighted by Crippen LogP contribution is -2.34. The number of rotatable bonds is 4. The molecule has 25 heavy (non-hydrogen) atoms. The molecule has 1 aliphatic rings. The molecule has 3 aromatic rings. The van der Waals surface area contributed by atoms with Gasteiger partial charge in [0.1, 0.15) is 5.69 Å². The van der Waals surface area contributed by atoms with Crippen LogP contribution in [0.1, 0.15) is 30.0 Å². The van der Waals surface area contributed by atoms with Gasteiger partial charge in [0.25, 0.3) is 0 Å². The summed E-state index contributed by atoms with van der Waals surface area (Å²) in [7, 11) is 0. The summed E-state index contributed by atoms with van der Waals surface area (Å²) in [5.74, 6) is 0. The van der Waals surface area contributed by atoms with Gasteiger partial charge in [-0.3, -0.25) is 4.90 Å². The van der Waals surface area contributed by atoms with E-state index >= 15 is 0 Å². The molecule has 4 rings (SSSR count). The highest BCUT2D eigenvalue weighted by molar-refractivity contribution is 5.58. The van der Waals surface area contributed by atoms with E-state index in [9.17, 15) is 0 Å². The zero-order chi connectivity index (χ0) is 17.1. The fraction of sp³-hybridized carbons (Fsp3) is 0.333. The third-order valence-electron chi connectivity index (χ3n) is 5.00. The summed E-state index contributed by atoms with van der Waals surface area (Å²) in [5.41, 5.74) is 4.76. The van der Waals surface area contributed by atoms with Gasteiger partial charge in [-0.25, -0.2) is 4.68 Å². The van der Waals surface area contributed by atoms with E-state index in [0.717, 1.165) is 43.7 Å². The maximum absolute atomic E-state index is 4.40. The Kier molecular flexibility index (Phi) is 4.61. The smallest absolute Gasteiger partial charge is 0.113 e. The van der Waals surface area contributed by atoms with Crippen LogP contribution in [-0.2, 0) is 6.54 Å². The third-order valence-corrected chi connectivity index (χ3v) is 5.00. The van der Waals surface area contributed by atoms with Crippen molar-refractivity contribution in [2.45, 2.75) is 32.4 Å². The molecule has 1 aromatic heterocycles. The molecule has 0 saturated carbocycles. The molecule has 0 unspecified atom stereocenters. The minimum absolute atomic E-state index is 0.457. The first-order chi connectivity index (χ1) is 12.3. The van der Waals surface area contributed by atoms with Gasteiger partial charge in [-0.15, -0.1) is 5.10 Å². The molecular weight excluding hydrogens is 308 g/mol. The molecule has 0 aliphatic carbocycles. The van der Waals surface area contributed by atoms with Gasteiger partial charge >= 0.3 is 0 Å². The van der Waals surface area contributed by atoms with Crippen LogP contribution in [0.4, 0.5) is 0 Å². The zero-order valence-corrected chi connectivity index (χ0v) is 14.7. The van der Waals surface area contributed by atoms with Crippen LogP contribution in [0.15, 0.2) is 60.8 Å². The first kappa shape index (κ1) is 16.0. The topological polar surface area (TPSA) is 34.0 Å². The minimum Gasteiger partial charge on any atom is -0.299 e. The normalized spacial score (nSPS) is 16.2. The molecule has 2 heterocycles. The average Bonchev–Trinajstić information content (AvgIpc) is 3.13. The van der Waals surface area contributed by atoms with E-state index in [-0.39, 0.29) is 0 Å². The molecule has 0 atom stereocenters. The summed E-state index contributed by atoms with van der Waals surface area (Å²) < 4.78 is 2.07. The van der Waals surface area contributed by atoms with Crippen molar-refractivity contribution in [2.24, 2.45) is 0 Å². The van der Waals surface area contributed by atoms with E-state index in [1.807, 2.05) is 0 Å². The Morgan fingerprint density at radius 2 is 1.80 bits per heavy atom. The number of aromatic nitrogens is 3.